The van der Waals surface area contributed by atoms with Crippen LogP contribution in [0.5, 0.6) is 0 Å². The molecule has 0 atom stereocenters. The first kappa shape index (κ1) is 15.2. The average Bonchev–Trinajstić information content (AvgIpc) is 2.38. The normalized spacial score (nSPS) is 10.9. The zero-order valence-electron chi connectivity index (χ0n) is 11.9. The number of benzene rings is 1. The Morgan fingerprint density at radius 1 is 0.842 bits per heavy atom. The van der Waals surface area contributed by atoms with Gasteiger partial charge in [0.25, 0.3) is 0 Å². The molecule has 1 rings (SSSR count). The smallest absolute Gasteiger partial charge is 0.224 e. The monoisotopic (exact) mass is 262 g/mol. The molecule has 0 spiro atoms. The van der Waals surface area contributed by atoms with Gasteiger partial charge in [0.15, 0.2) is 0 Å². The highest BCUT2D eigenvalue weighted by molar-refractivity contribution is 5.81. The maximum atomic E-state index is 11.8. The molecule has 2 N–H and O–H groups in total. The van der Waals surface area contributed by atoms with Crippen molar-refractivity contribution in [3.63, 3.8) is 0 Å². The van der Waals surface area contributed by atoms with Crippen molar-refractivity contribution < 1.29 is 9.59 Å². The summed E-state index contributed by atoms with van der Waals surface area (Å²) in [6.07, 6.45) is -0.481. The van der Waals surface area contributed by atoms with Crippen LogP contribution in [0.15, 0.2) is 30.3 Å². The van der Waals surface area contributed by atoms with Crippen molar-refractivity contribution >= 4 is 11.8 Å². The molecular weight excluding hydrogens is 240 g/mol. The molecule has 0 aliphatic heterocycles. The largest absolute Gasteiger partial charge is 0.332 e. The first-order chi connectivity index (χ1) is 8.91. The number of carbonyl (C=O) groups is 2. The second-order valence-corrected chi connectivity index (χ2v) is 5.17. The van der Waals surface area contributed by atoms with Gasteiger partial charge in [0.05, 0.1) is 0 Å². The Labute approximate surface area is 114 Å². The number of rotatable bonds is 5. The molecule has 1 aromatic carbocycles. The van der Waals surface area contributed by atoms with Crippen LogP contribution < -0.4 is 10.6 Å². The van der Waals surface area contributed by atoms with E-state index in [-0.39, 0.29) is 23.7 Å². The number of hydrogen-bond acceptors (Lipinski definition) is 2. The van der Waals surface area contributed by atoms with Gasteiger partial charge in [-0.15, -0.1) is 0 Å². The lowest BCUT2D eigenvalue weighted by molar-refractivity contribution is -0.127. The molecule has 0 aliphatic rings. The van der Waals surface area contributed by atoms with Gasteiger partial charge in [-0.1, -0.05) is 58.0 Å². The van der Waals surface area contributed by atoms with Gasteiger partial charge in [0, 0.05) is 11.8 Å². The van der Waals surface area contributed by atoms with Crippen LogP contribution in [0.3, 0.4) is 0 Å². The van der Waals surface area contributed by atoms with Gasteiger partial charge in [-0.25, -0.2) is 0 Å². The zero-order chi connectivity index (χ0) is 14.4. The molecule has 0 heterocycles. The molecule has 0 saturated carbocycles. The minimum Gasteiger partial charge on any atom is -0.332 e. The van der Waals surface area contributed by atoms with Crippen molar-refractivity contribution in [1.82, 2.24) is 10.6 Å². The molecule has 19 heavy (non-hydrogen) atoms. The number of carbonyl (C=O) groups excluding carboxylic acids is 2. The number of hydrogen-bond donors (Lipinski definition) is 2. The molecular formula is C15H22N2O2. The van der Waals surface area contributed by atoms with Crippen molar-refractivity contribution in [2.24, 2.45) is 11.8 Å². The van der Waals surface area contributed by atoms with Gasteiger partial charge in [0.2, 0.25) is 11.8 Å². The topological polar surface area (TPSA) is 58.2 Å². The van der Waals surface area contributed by atoms with E-state index in [1.54, 1.807) is 0 Å². The van der Waals surface area contributed by atoms with Gasteiger partial charge in [0.1, 0.15) is 6.17 Å². The molecule has 0 saturated heterocycles. The predicted octanol–water partition coefficient (Wildman–Crippen LogP) is 2.23. The third-order valence-electron chi connectivity index (χ3n) is 2.75. The predicted molar refractivity (Wildman–Crippen MR) is 75.1 cm³/mol. The summed E-state index contributed by atoms with van der Waals surface area (Å²) < 4.78 is 0. The van der Waals surface area contributed by atoms with Crippen LogP contribution in [0.25, 0.3) is 0 Å². The first-order valence-electron chi connectivity index (χ1n) is 6.57. The molecule has 104 valence electrons. The average molecular weight is 262 g/mol. The van der Waals surface area contributed by atoms with Crippen molar-refractivity contribution in [1.29, 1.82) is 0 Å². The molecule has 0 unspecified atom stereocenters. The van der Waals surface area contributed by atoms with Gasteiger partial charge >= 0.3 is 0 Å². The minimum atomic E-state index is -0.481. The highest BCUT2D eigenvalue weighted by Gasteiger charge is 2.19. The van der Waals surface area contributed by atoms with Gasteiger partial charge in [-0.2, -0.15) is 0 Å². The van der Waals surface area contributed by atoms with E-state index >= 15 is 0 Å². The van der Waals surface area contributed by atoms with Gasteiger partial charge < -0.3 is 10.6 Å². The lowest BCUT2D eigenvalue weighted by atomic mass is 10.1. The molecule has 4 heteroatoms. The van der Waals surface area contributed by atoms with Crippen molar-refractivity contribution in [2.45, 2.75) is 33.9 Å². The van der Waals surface area contributed by atoms with E-state index in [2.05, 4.69) is 10.6 Å². The molecule has 0 fully saturated rings. The zero-order valence-corrected chi connectivity index (χ0v) is 11.9. The summed E-state index contributed by atoms with van der Waals surface area (Å²) in [4.78, 5) is 23.6. The fraction of sp³-hybridized carbons (Fsp3) is 0.467. The quantitative estimate of drug-likeness (QED) is 0.799. The third kappa shape index (κ3) is 4.73. The van der Waals surface area contributed by atoms with Crippen molar-refractivity contribution in [3.8, 4) is 0 Å². The van der Waals surface area contributed by atoms with E-state index in [0.29, 0.717) is 0 Å². The first-order valence-corrected chi connectivity index (χ1v) is 6.57. The summed E-state index contributed by atoms with van der Waals surface area (Å²) in [5, 5.41) is 5.70. The fourth-order valence-corrected chi connectivity index (χ4v) is 1.47. The molecule has 0 aliphatic carbocycles. The second kappa shape index (κ2) is 6.92. The Hall–Kier alpha value is -1.84. The summed E-state index contributed by atoms with van der Waals surface area (Å²) in [6, 6.07) is 9.42. The molecule has 4 nitrogen and oxygen atoms in total. The van der Waals surface area contributed by atoms with Crippen LogP contribution in [0.1, 0.15) is 39.4 Å². The van der Waals surface area contributed by atoms with Crippen LogP contribution >= 0.6 is 0 Å². The molecule has 0 bridgehead atoms. The van der Waals surface area contributed by atoms with E-state index in [0.717, 1.165) is 5.56 Å². The summed E-state index contributed by atoms with van der Waals surface area (Å²) >= 11 is 0. The van der Waals surface area contributed by atoms with Crippen molar-refractivity contribution in [3.05, 3.63) is 35.9 Å². The lowest BCUT2D eigenvalue weighted by Crippen LogP contribution is -2.43. The molecule has 0 aromatic heterocycles. The molecule has 0 radical (unpaired) electrons. The van der Waals surface area contributed by atoms with Crippen LogP contribution in [0, 0.1) is 11.8 Å². The van der Waals surface area contributed by atoms with E-state index in [9.17, 15) is 9.59 Å². The highest BCUT2D eigenvalue weighted by atomic mass is 16.2. The van der Waals surface area contributed by atoms with E-state index in [1.165, 1.54) is 0 Å². The van der Waals surface area contributed by atoms with E-state index in [4.69, 9.17) is 0 Å². The molecule has 2 amide bonds. The Balaban J connectivity index is 2.85. The Morgan fingerprint density at radius 2 is 1.26 bits per heavy atom. The maximum absolute atomic E-state index is 11.8. The van der Waals surface area contributed by atoms with Crippen LogP contribution in [-0.4, -0.2) is 11.8 Å². The Bertz CT molecular complexity index is 405. The van der Waals surface area contributed by atoms with Crippen molar-refractivity contribution in [2.75, 3.05) is 0 Å². The summed E-state index contributed by atoms with van der Waals surface area (Å²) in [6.45, 7) is 7.28. The number of amides is 2. The van der Waals surface area contributed by atoms with Crippen LogP contribution in [-0.2, 0) is 9.59 Å². The second-order valence-electron chi connectivity index (χ2n) is 5.17. The third-order valence-corrected chi connectivity index (χ3v) is 2.75. The Morgan fingerprint density at radius 3 is 1.63 bits per heavy atom. The van der Waals surface area contributed by atoms with Gasteiger partial charge in [-0.3, -0.25) is 9.59 Å². The number of nitrogens with one attached hydrogen (secondary N) is 2. The standard InChI is InChI=1S/C15H22N2O2/c1-10(2)14(18)16-13(17-15(19)11(3)4)12-8-6-5-7-9-12/h5-11,13H,1-4H3,(H,16,18)(H,17,19). The van der Waals surface area contributed by atoms with Crippen LogP contribution in [0.4, 0.5) is 0 Å². The Kier molecular flexibility index (Phi) is 5.55. The fourth-order valence-electron chi connectivity index (χ4n) is 1.47. The molecule has 1 aromatic rings. The van der Waals surface area contributed by atoms with Gasteiger partial charge in [-0.05, 0) is 5.56 Å². The summed E-state index contributed by atoms with van der Waals surface area (Å²) in [7, 11) is 0. The summed E-state index contributed by atoms with van der Waals surface area (Å²) in [5.74, 6) is -0.417. The summed E-state index contributed by atoms with van der Waals surface area (Å²) in [5.41, 5.74) is 0.866. The highest BCUT2D eigenvalue weighted by Crippen LogP contribution is 2.11. The van der Waals surface area contributed by atoms with Crippen LogP contribution in [0.2, 0.25) is 0 Å². The lowest BCUT2D eigenvalue weighted by Gasteiger charge is -2.22. The maximum Gasteiger partial charge on any atom is 0.224 e. The minimum absolute atomic E-state index is 0.0853. The van der Waals surface area contributed by atoms with E-state index in [1.807, 2.05) is 58.0 Å². The van der Waals surface area contributed by atoms with E-state index < -0.39 is 6.17 Å². The SMILES string of the molecule is CC(C)C(=O)NC(NC(=O)C(C)C)c1ccccc1.